The molecule has 0 aliphatic rings. The Kier molecular flexibility index (Phi) is 16.8. The van der Waals surface area contributed by atoms with E-state index in [1.54, 1.807) is 0 Å². The number of fused-ring (bicyclic) bond motifs is 2. The van der Waals surface area contributed by atoms with Gasteiger partial charge in [0, 0.05) is 22.1 Å². The van der Waals surface area contributed by atoms with Crippen molar-refractivity contribution in [1.82, 2.24) is 0 Å². The number of hydrogen-bond acceptors (Lipinski definition) is 20. The monoisotopic (exact) mass is 880 g/mol. The molecule has 0 bridgehead atoms. The molecule has 0 fully saturated rings. The molecule has 20 nitrogen and oxygen atoms in total. The molecule has 0 aliphatic heterocycles. The van der Waals surface area contributed by atoms with Gasteiger partial charge in [0.1, 0.15) is 60.7 Å². The molecule has 29 heteroatoms. The second-order valence-electron chi connectivity index (χ2n) is 8.79. The number of hydrogen-bond donors (Lipinski definition) is 2. The predicted molar refractivity (Wildman–Crippen MR) is 162 cm³/mol. The quantitative estimate of drug-likeness (QED) is 0.112. The molecule has 4 N–H and O–H groups in total. The second kappa shape index (κ2) is 16.7. The van der Waals surface area contributed by atoms with Gasteiger partial charge in [-0.05, 0) is 59.3 Å². The number of benzene rings is 4. The fraction of sp³-hybridized carbons (Fsp3) is 0. The first-order valence-electron chi connectivity index (χ1n) is 10.9. The SMILES string of the molecule is Nc1cc(S(=O)(=O)[O-])cc2cc(S(=O)(=O)[O-])cc(S(=O)(=O)[O-])c12.Nc1cc(S(=O)(=O)[O-])cc2cc(S(=O)(=O)[O-])cc(S(=O)(=O)[O-])c12.[Ca+2].[Ca+2].[Ca+2]. The molecule has 0 amide bonds. The van der Waals surface area contributed by atoms with Crippen molar-refractivity contribution in [2.45, 2.75) is 29.4 Å². The summed E-state index contributed by atoms with van der Waals surface area (Å²) in [6.45, 7) is 0. The van der Waals surface area contributed by atoms with Crippen LogP contribution in [0.1, 0.15) is 0 Å². The van der Waals surface area contributed by atoms with Gasteiger partial charge in [0.15, 0.2) is 0 Å². The fourth-order valence-electron chi connectivity index (χ4n) is 3.88. The maximum atomic E-state index is 11.3. The molecule has 0 heterocycles. The van der Waals surface area contributed by atoms with Crippen molar-refractivity contribution in [1.29, 1.82) is 0 Å². The summed E-state index contributed by atoms with van der Waals surface area (Å²) in [5.74, 6) is 0. The first kappa shape index (κ1) is 49.2. The summed E-state index contributed by atoms with van der Waals surface area (Å²) in [4.78, 5) is -6.15. The van der Waals surface area contributed by atoms with Gasteiger partial charge >= 0.3 is 113 Å². The van der Waals surface area contributed by atoms with E-state index in [2.05, 4.69) is 0 Å². The standard InChI is InChI=1S/2C10H9NO9S3.3Ca/c2*11-8-3-6(21(12,13)14)1-5-2-7(22(15,16)17)4-9(10(5)8)23(18,19)20;;;/h2*1-4H,11H2,(H,12,13,14)(H,15,16,17)(H,18,19,20);;;/q;;3*+2/p-6. The molecule has 0 atom stereocenters. The topological polar surface area (TPSA) is 395 Å². The van der Waals surface area contributed by atoms with Crippen molar-refractivity contribution in [3.05, 3.63) is 48.5 Å². The third-order valence-corrected chi connectivity index (χ3v) is 10.6. The Balaban J connectivity index is 0.000000886. The Bertz CT molecular complexity index is 2450. The maximum Gasteiger partial charge on any atom is 2.00 e. The van der Waals surface area contributed by atoms with Crippen LogP contribution in [0.15, 0.2) is 77.9 Å². The zero-order chi connectivity index (χ0) is 35.6. The molecule has 0 aromatic heterocycles. The second-order valence-corrected chi connectivity index (χ2v) is 17.0. The third-order valence-electron chi connectivity index (χ3n) is 5.67. The van der Waals surface area contributed by atoms with E-state index in [4.69, 9.17) is 11.5 Å². The molecule has 252 valence electrons. The van der Waals surface area contributed by atoms with Gasteiger partial charge in [-0.25, -0.2) is 50.5 Å². The van der Waals surface area contributed by atoms with Crippen molar-refractivity contribution in [3.63, 3.8) is 0 Å². The molecular formula is C20H12Ca3N2O18S6. The Morgan fingerprint density at radius 3 is 0.735 bits per heavy atom. The van der Waals surface area contributed by atoms with E-state index < -0.39 is 123 Å². The number of anilines is 2. The van der Waals surface area contributed by atoms with Crippen LogP contribution in [0.3, 0.4) is 0 Å². The molecule has 4 aromatic rings. The summed E-state index contributed by atoms with van der Waals surface area (Å²) < 4.78 is 200. The third kappa shape index (κ3) is 12.1. The van der Waals surface area contributed by atoms with E-state index in [1.165, 1.54) is 0 Å². The molecular weight excluding hydrogens is 869 g/mol. The average Bonchev–Trinajstić information content (AvgIpc) is 2.84. The van der Waals surface area contributed by atoms with Gasteiger partial charge in [0.2, 0.25) is 0 Å². The Hall–Kier alpha value is 0.239. The van der Waals surface area contributed by atoms with E-state index in [1.807, 2.05) is 0 Å². The Morgan fingerprint density at radius 1 is 0.347 bits per heavy atom. The van der Waals surface area contributed by atoms with Crippen molar-refractivity contribution >= 4 is 207 Å². The van der Waals surface area contributed by atoms with Crippen molar-refractivity contribution in [2.24, 2.45) is 0 Å². The van der Waals surface area contributed by atoms with E-state index in [0.29, 0.717) is 48.5 Å². The van der Waals surface area contributed by atoms with Crippen LogP contribution < -0.4 is 11.5 Å². The molecule has 0 unspecified atom stereocenters. The molecule has 49 heavy (non-hydrogen) atoms. The van der Waals surface area contributed by atoms with Crippen molar-refractivity contribution in [2.75, 3.05) is 11.5 Å². The minimum absolute atomic E-state index is 0. The Labute approximate surface area is 368 Å². The van der Waals surface area contributed by atoms with Crippen molar-refractivity contribution in [3.8, 4) is 0 Å². The smallest absolute Gasteiger partial charge is 0.744 e. The largest absolute Gasteiger partial charge is 2.00 e. The van der Waals surface area contributed by atoms with E-state index in [9.17, 15) is 77.8 Å². The maximum absolute atomic E-state index is 11.3. The summed E-state index contributed by atoms with van der Waals surface area (Å²) in [6.07, 6.45) is 0. The van der Waals surface area contributed by atoms with Crippen LogP contribution in [-0.2, 0) is 60.7 Å². The summed E-state index contributed by atoms with van der Waals surface area (Å²) in [5, 5.41) is -1.91. The normalized spacial score (nSPS) is 12.5. The van der Waals surface area contributed by atoms with E-state index >= 15 is 0 Å². The van der Waals surface area contributed by atoms with Gasteiger partial charge in [-0.3, -0.25) is 0 Å². The van der Waals surface area contributed by atoms with E-state index in [0.717, 1.165) is 0 Å². The van der Waals surface area contributed by atoms with E-state index in [-0.39, 0.29) is 113 Å². The summed E-state index contributed by atoms with van der Waals surface area (Å²) >= 11 is 0. The van der Waals surface area contributed by atoms with Crippen molar-refractivity contribution < 1.29 is 77.8 Å². The Morgan fingerprint density at radius 2 is 0.551 bits per heavy atom. The van der Waals surface area contributed by atoms with Crippen LogP contribution >= 0.6 is 0 Å². The first-order chi connectivity index (χ1) is 20.4. The minimum Gasteiger partial charge on any atom is -0.744 e. The van der Waals surface area contributed by atoms with Gasteiger partial charge in [-0.1, -0.05) is 0 Å². The number of nitrogen functional groups attached to an aromatic ring is 2. The summed E-state index contributed by atoms with van der Waals surface area (Å²) in [7, 11) is -30.8. The molecule has 0 spiro atoms. The van der Waals surface area contributed by atoms with Crippen LogP contribution in [0.5, 0.6) is 0 Å². The fourth-order valence-corrected chi connectivity index (χ4v) is 7.69. The van der Waals surface area contributed by atoms with Gasteiger partial charge < -0.3 is 38.8 Å². The molecule has 0 saturated carbocycles. The zero-order valence-electron chi connectivity index (χ0n) is 23.7. The van der Waals surface area contributed by atoms with Crippen LogP contribution in [0, 0.1) is 0 Å². The molecule has 4 aromatic carbocycles. The summed E-state index contributed by atoms with van der Waals surface area (Å²) in [5.41, 5.74) is 9.84. The first-order valence-corrected chi connectivity index (χ1v) is 19.4. The molecule has 0 radical (unpaired) electrons. The summed E-state index contributed by atoms with van der Waals surface area (Å²) in [6, 6.07) is 4.41. The number of nitrogens with two attached hydrogens (primary N) is 2. The molecule has 0 saturated heterocycles. The van der Waals surface area contributed by atoms with Gasteiger partial charge in [-0.15, -0.1) is 0 Å². The van der Waals surface area contributed by atoms with Crippen LogP contribution in [0.25, 0.3) is 21.5 Å². The minimum atomic E-state index is -5.24. The average molecular weight is 881 g/mol. The van der Waals surface area contributed by atoms with Gasteiger partial charge in [-0.2, -0.15) is 0 Å². The molecule has 0 aliphatic carbocycles. The van der Waals surface area contributed by atoms with Crippen LogP contribution in [-0.4, -0.2) is 191 Å². The number of rotatable bonds is 6. The zero-order valence-corrected chi connectivity index (χ0v) is 35.2. The van der Waals surface area contributed by atoms with Crippen LogP contribution in [0.2, 0.25) is 0 Å². The molecule has 4 rings (SSSR count). The van der Waals surface area contributed by atoms with Gasteiger partial charge in [0.25, 0.3) is 0 Å². The van der Waals surface area contributed by atoms with Crippen LogP contribution in [0.4, 0.5) is 11.4 Å². The predicted octanol–water partition coefficient (Wildman–Crippen LogP) is -2.87. The van der Waals surface area contributed by atoms with Gasteiger partial charge in [0.05, 0.1) is 29.4 Å².